The molecule has 1 aromatic carbocycles. The van der Waals surface area contributed by atoms with E-state index < -0.39 is 61.2 Å². The number of carboxylic acids is 1. The zero-order valence-corrected chi connectivity index (χ0v) is 16.5. The predicted molar refractivity (Wildman–Crippen MR) is 96.4 cm³/mol. The Labute approximate surface area is 171 Å². The van der Waals surface area contributed by atoms with E-state index in [4.69, 9.17) is 28.8 Å². The van der Waals surface area contributed by atoms with Crippen LogP contribution in [0.1, 0.15) is 31.1 Å². The van der Waals surface area contributed by atoms with Crippen molar-refractivity contribution in [1.82, 2.24) is 0 Å². The first-order valence-electron chi connectivity index (χ1n) is 8.90. The molecule has 0 spiro atoms. The Balaban J connectivity index is 2.38. The summed E-state index contributed by atoms with van der Waals surface area (Å²) in [5.74, 6) is -3.21. The molecule has 0 amide bonds. The van der Waals surface area contributed by atoms with Gasteiger partial charge < -0.3 is 33.9 Å². The maximum Gasteiger partial charge on any atom is 0.335 e. The number of rotatable bonds is 7. The summed E-state index contributed by atoms with van der Waals surface area (Å²) in [5, 5.41) is 18.7. The van der Waals surface area contributed by atoms with Crippen LogP contribution < -0.4 is 4.74 Å². The molecule has 1 aliphatic heterocycles. The van der Waals surface area contributed by atoms with E-state index in [1.807, 2.05) is 0 Å². The van der Waals surface area contributed by atoms with Crippen molar-refractivity contribution in [3.63, 3.8) is 0 Å². The van der Waals surface area contributed by atoms with Crippen molar-refractivity contribution in [2.45, 2.75) is 51.5 Å². The summed E-state index contributed by atoms with van der Waals surface area (Å²) in [6.07, 6.45) is -6.47. The van der Waals surface area contributed by atoms with Gasteiger partial charge in [0.15, 0.2) is 12.2 Å². The lowest BCUT2D eigenvalue weighted by atomic mass is 9.98. The number of ether oxygens (including phenoxy) is 5. The molecule has 0 aliphatic carbocycles. The SMILES string of the molecule is CC(=O)OC1C(CO)OC(Oc2ccc(C(=O)O)cc2)C(OC(C)=O)C1OC(C)=O. The van der Waals surface area contributed by atoms with Gasteiger partial charge >= 0.3 is 23.9 Å². The molecule has 1 fully saturated rings. The van der Waals surface area contributed by atoms with Crippen molar-refractivity contribution in [3.05, 3.63) is 29.8 Å². The molecule has 164 valence electrons. The maximum absolute atomic E-state index is 11.6. The van der Waals surface area contributed by atoms with Gasteiger partial charge in [0.2, 0.25) is 12.4 Å². The lowest BCUT2D eigenvalue weighted by Crippen LogP contribution is -2.63. The number of carbonyl (C=O) groups excluding carboxylic acids is 3. The summed E-state index contributed by atoms with van der Waals surface area (Å²) in [4.78, 5) is 45.8. The quantitative estimate of drug-likeness (QED) is 0.456. The third kappa shape index (κ3) is 5.91. The van der Waals surface area contributed by atoms with Gasteiger partial charge in [0, 0.05) is 20.8 Å². The van der Waals surface area contributed by atoms with Crippen LogP contribution >= 0.6 is 0 Å². The van der Waals surface area contributed by atoms with Crippen LogP contribution in [0.3, 0.4) is 0 Å². The minimum absolute atomic E-state index is 0.0180. The average Bonchev–Trinajstić information content (AvgIpc) is 2.65. The minimum Gasteiger partial charge on any atom is -0.478 e. The number of carbonyl (C=O) groups is 4. The molecule has 5 unspecified atom stereocenters. The fourth-order valence-electron chi connectivity index (χ4n) is 2.91. The molecule has 5 atom stereocenters. The van der Waals surface area contributed by atoms with Gasteiger partial charge in [-0.1, -0.05) is 0 Å². The molecule has 0 aromatic heterocycles. The van der Waals surface area contributed by atoms with Crippen LogP contribution in [0.5, 0.6) is 5.75 Å². The van der Waals surface area contributed by atoms with Gasteiger partial charge in [-0.3, -0.25) is 14.4 Å². The fraction of sp³-hybridized carbons (Fsp3) is 0.474. The summed E-state index contributed by atoms with van der Waals surface area (Å²) in [6.45, 7) is 2.72. The van der Waals surface area contributed by atoms with Crippen molar-refractivity contribution in [2.24, 2.45) is 0 Å². The van der Waals surface area contributed by atoms with E-state index in [0.29, 0.717) is 0 Å². The molecule has 30 heavy (non-hydrogen) atoms. The maximum atomic E-state index is 11.6. The zero-order chi connectivity index (χ0) is 22.4. The highest BCUT2D eigenvalue weighted by molar-refractivity contribution is 5.87. The second kappa shape index (κ2) is 10.0. The lowest BCUT2D eigenvalue weighted by molar-refractivity contribution is -0.287. The van der Waals surface area contributed by atoms with E-state index in [1.165, 1.54) is 24.3 Å². The first kappa shape index (κ1) is 23.1. The van der Waals surface area contributed by atoms with E-state index in [-0.39, 0.29) is 11.3 Å². The predicted octanol–water partition coefficient (Wildman–Crippen LogP) is 0.276. The smallest absolute Gasteiger partial charge is 0.335 e. The fourth-order valence-corrected chi connectivity index (χ4v) is 2.91. The highest BCUT2D eigenvalue weighted by atomic mass is 16.7. The normalized spacial score (nSPS) is 25.7. The molecule has 1 aliphatic rings. The first-order valence-corrected chi connectivity index (χ1v) is 8.90. The van der Waals surface area contributed by atoms with E-state index in [2.05, 4.69) is 0 Å². The number of aliphatic hydroxyl groups is 1. The van der Waals surface area contributed by atoms with Crippen LogP contribution in [-0.4, -0.2) is 71.4 Å². The van der Waals surface area contributed by atoms with E-state index >= 15 is 0 Å². The van der Waals surface area contributed by atoms with Crippen LogP contribution in [-0.2, 0) is 33.3 Å². The van der Waals surface area contributed by atoms with Crippen molar-refractivity contribution >= 4 is 23.9 Å². The van der Waals surface area contributed by atoms with Crippen molar-refractivity contribution in [1.29, 1.82) is 0 Å². The molecule has 0 saturated carbocycles. The molecular formula is C19H22O11. The van der Waals surface area contributed by atoms with Gasteiger partial charge in [-0.2, -0.15) is 0 Å². The molecule has 0 bridgehead atoms. The summed E-state index contributed by atoms with van der Waals surface area (Å²) < 4.78 is 26.9. The van der Waals surface area contributed by atoms with Gasteiger partial charge in [0.05, 0.1) is 12.2 Å². The Hall–Kier alpha value is -3.18. The molecule has 0 radical (unpaired) electrons. The number of aliphatic hydroxyl groups excluding tert-OH is 1. The second-order valence-corrected chi connectivity index (χ2v) is 6.40. The number of carboxylic acid groups (broad SMARTS) is 1. The van der Waals surface area contributed by atoms with Gasteiger partial charge in [0.25, 0.3) is 0 Å². The molecule has 2 N–H and O–H groups in total. The highest BCUT2D eigenvalue weighted by Crippen LogP contribution is 2.30. The first-order chi connectivity index (χ1) is 14.1. The third-order valence-electron chi connectivity index (χ3n) is 4.03. The van der Waals surface area contributed by atoms with E-state index in [1.54, 1.807) is 0 Å². The van der Waals surface area contributed by atoms with Gasteiger partial charge in [-0.15, -0.1) is 0 Å². The highest BCUT2D eigenvalue weighted by Gasteiger charge is 2.52. The van der Waals surface area contributed by atoms with Gasteiger partial charge in [-0.05, 0) is 24.3 Å². The Morgan fingerprint density at radius 2 is 1.37 bits per heavy atom. The van der Waals surface area contributed by atoms with Crippen LogP contribution in [0.15, 0.2) is 24.3 Å². The summed E-state index contributed by atoms with van der Waals surface area (Å²) in [6, 6.07) is 5.28. The van der Waals surface area contributed by atoms with Crippen LogP contribution in [0, 0.1) is 0 Å². The topological polar surface area (TPSA) is 155 Å². The second-order valence-electron chi connectivity index (χ2n) is 6.40. The van der Waals surface area contributed by atoms with Crippen molar-refractivity contribution in [3.8, 4) is 5.75 Å². The molecular weight excluding hydrogens is 404 g/mol. The molecule has 11 heteroatoms. The van der Waals surface area contributed by atoms with Gasteiger partial charge in [-0.25, -0.2) is 4.79 Å². The molecule has 2 rings (SSSR count). The molecule has 1 saturated heterocycles. The Kier molecular flexibility index (Phi) is 7.72. The summed E-state index contributed by atoms with van der Waals surface area (Å²) in [5.41, 5.74) is 0.0180. The third-order valence-corrected chi connectivity index (χ3v) is 4.03. The van der Waals surface area contributed by atoms with Crippen LogP contribution in [0.25, 0.3) is 0 Å². The van der Waals surface area contributed by atoms with Crippen molar-refractivity contribution < 1.29 is 53.1 Å². The number of aromatic carboxylic acids is 1. The Bertz CT molecular complexity index is 788. The number of hydrogen-bond acceptors (Lipinski definition) is 10. The largest absolute Gasteiger partial charge is 0.478 e. The molecule has 1 aromatic rings. The molecule has 11 nitrogen and oxygen atoms in total. The zero-order valence-electron chi connectivity index (χ0n) is 16.5. The Morgan fingerprint density at radius 3 is 1.83 bits per heavy atom. The average molecular weight is 426 g/mol. The van der Waals surface area contributed by atoms with E-state index in [0.717, 1.165) is 20.8 Å². The standard InChI is InChI=1S/C19H22O11/c1-9(21)26-15-14(8-20)30-19(17(28-11(3)23)16(15)27-10(2)22)29-13-6-4-12(5-7-13)18(24)25/h4-7,14-17,19-20H,8H2,1-3H3,(H,24,25). The minimum atomic E-state index is -1.36. The number of benzene rings is 1. The molecule has 1 heterocycles. The number of hydrogen-bond donors (Lipinski definition) is 2. The summed E-state index contributed by atoms with van der Waals surface area (Å²) in [7, 11) is 0. The summed E-state index contributed by atoms with van der Waals surface area (Å²) >= 11 is 0. The van der Waals surface area contributed by atoms with Crippen LogP contribution in [0.2, 0.25) is 0 Å². The monoisotopic (exact) mass is 426 g/mol. The number of esters is 3. The van der Waals surface area contributed by atoms with Crippen molar-refractivity contribution in [2.75, 3.05) is 6.61 Å². The Morgan fingerprint density at radius 1 is 0.867 bits per heavy atom. The lowest BCUT2D eigenvalue weighted by Gasteiger charge is -2.43. The van der Waals surface area contributed by atoms with Crippen LogP contribution in [0.4, 0.5) is 0 Å². The van der Waals surface area contributed by atoms with Gasteiger partial charge in [0.1, 0.15) is 11.9 Å². The van der Waals surface area contributed by atoms with E-state index in [9.17, 15) is 24.3 Å².